The quantitative estimate of drug-likeness (QED) is 0.641. The largest absolute Gasteiger partial charge is 0.279 e. The molecule has 0 aromatic carbocycles. The van der Waals surface area contributed by atoms with Gasteiger partial charge in [-0.1, -0.05) is 25.7 Å². The van der Waals surface area contributed by atoms with E-state index in [4.69, 9.17) is 11.6 Å². The fourth-order valence-electron chi connectivity index (χ4n) is 2.77. The summed E-state index contributed by atoms with van der Waals surface area (Å²) >= 11 is 6.29. The molecule has 2 rings (SSSR count). The molecule has 4 nitrogen and oxygen atoms in total. The van der Waals surface area contributed by atoms with E-state index in [1.54, 1.807) is 4.31 Å². The molecular formula is C12H23ClN2O2S. The maximum atomic E-state index is 12.3. The predicted octanol–water partition coefficient (Wildman–Crippen LogP) is 2.25. The molecule has 2 aliphatic rings. The minimum absolute atomic E-state index is 0.0629. The molecule has 0 radical (unpaired) electrons. The molecule has 0 bridgehead atoms. The van der Waals surface area contributed by atoms with Gasteiger partial charge in [-0.15, -0.1) is 11.6 Å². The molecule has 0 aromatic heterocycles. The molecule has 2 fully saturated rings. The van der Waals surface area contributed by atoms with Crippen LogP contribution in [0.4, 0.5) is 0 Å². The summed E-state index contributed by atoms with van der Waals surface area (Å²) in [5.41, 5.74) is 0. The van der Waals surface area contributed by atoms with E-state index < -0.39 is 10.2 Å². The minimum Gasteiger partial charge on any atom is -0.198 e. The van der Waals surface area contributed by atoms with Gasteiger partial charge in [0.25, 0.3) is 10.2 Å². The Hall–Kier alpha value is 0.160. The number of hydrogen-bond acceptors (Lipinski definition) is 2. The summed E-state index contributed by atoms with van der Waals surface area (Å²) in [4.78, 5) is 0. The van der Waals surface area contributed by atoms with Gasteiger partial charge in [0, 0.05) is 24.5 Å². The Morgan fingerprint density at radius 1 is 0.944 bits per heavy atom. The summed E-state index contributed by atoms with van der Waals surface area (Å²) in [6.45, 7) is 1.30. The molecule has 1 saturated carbocycles. The SMILES string of the molecule is O=S(=O)(NC1CCCCCC1Cl)N1CCCCC1. The first-order valence-electron chi connectivity index (χ1n) is 7.01. The molecule has 0 aromatic rings. The lowest BCUT2D eigenvalue weighted by Crippen LogP contribution is -2.49. The van der Waals surface area contributed by atoms with Crippen LogP contribution in [0, 0.1) is 0 Å². The van der Waals surface area contributed by atoms with Crippen LogP contribution in [0.5, 0.6) is 0 Å². The highest BCUT2D eigenvalue weighted by Crippen LogP contribution is 2.23. The van der Waals surface area contributed by atoms with Gasteiger partial charge in [-0.25, -0.2) is 0 Å². The molecule has 1 heterocycles. The fourth-order valence-corrected chi connectivity index (χ4v) is 4.74. The monoisotopic (exact) mass is 294 g/mol. The van der Waals surface area contributed by atoms with E-state index >= 15 is 0 Å². The predicted molar refractivity (Wildman–Crippen MR) is 74.0 cm³/mol. The van der Waals surface area contributed by atoms with E-state index in [-0.39, 0.29) is 11.4 Å². The van der Waals surface area contributed by atoms with Gasteiger partial charge >= 0.3 is 0 Å². The number of halogens is 1. The summed E-state index contributed by atoms with van der Waals surface area (Å²) in [5.74, 6) is 0. The Bertz CT molecular complexity index is 355. The zero-order valence-electron chi connectivity index (χ0n) is 10.8. The van der Waals surface area contributed by atoms with E-state index in [0.29, 0.717) is 13.1 Å². The number of rotatable bonds is 3. The van der Waals surface area contributed by atoms with Crippen molar-refractivity contribution in [1.82, 2.24) is 9.03 Å². The number of piperidine rings is 1. The van der Waals surface area contributed by atoms with Crippen LogP contribution in [0.3, 0.4) is 0 Å². The normalized spacial score (nSPS) is 32.1. The molecule has 106 valence electrons. The van der Waals surface area contributed by atoms with Gasteiger partial charge in [-0.2, -0.15) is 17.4 Å². The van der Waals surface area contributed by atoms with E-state index in [2.05, 4.69) is 4.72 Å². The molecule has 0 spiro atoms. The first kappa shape index (κ1) is 14.6. The number of nitrogens with zero attached hydrogens (tertiary/aromatic N) is 1. The van der Waals surface area contributed by atoms with E-state index in [1.807, 2.05) is 0 Å². The lowest BCUT2D eigenvalue weighted by Gasteiger charge is -2.29. The van der Waals surface area contributed by atoms with Crippen molar-refractivity contribution in [3.63, 3.8) is 0 Å². The van der Waals surface area contributed by atoms with Gasteiger partial charge in [0.05, 0.1) is 0 Å². The molecule has 2 unspecified atom stereocenters. The van der Waals surface area contributed by atoms with Crippen molar-refractivity contribution in [2.45, 2.75) is 62.8 Å². The van der Waals surface area contributed by atoms with Crippen molar-refractivity contribution in [3.8, 4) is 0 Å². The van der Waals surface area contributed by atoms with Crippen LogP contribution in [0.25, 0.3) is 0 Å². The standard InChI is InChI=1S/C12H23ClN2O2S/c13-11-7-3-1-4-8-12(11)14-18(16,17)15-9-5-2-6-10-15/h11-12,14H,1-10H2. The number of alkyl halides is 1. The average molecular weight is 295 g/mol. The second kappa shape index (κ2) is 6.55. The summed E-state index contributed by atoms with van der Waals surface area (Å²) in [6, 6.07) is -0.0962. The van der Waals surface area contributed by atoms with Crippen LogP contribution in [0.2, 0.25) is 0 Å². The van der Waals surface area contributed by atoms with Gasteiger partial charge in [0.2, 0.25) is 0 Å². The maximum absolute atomic E-state index is 12.3. The fraction of sp³-hybridized carbons (Fsp3) is 1.00. The molecule has 1 saturated heterocycles. The highest BCUT2D eigenvalue weighted by molar-refractivity contribution is 7.87. The molecule has 1 aliphatic carbocycles. The average Bonchev–Trinajstić information content (AvgIpc) is 2.56. The van der Waals surface area contributed by atoms with Crippen LogP contribution in [0.1, 0.15) is 51.4 Å². The van der Waals surface area contributed by atoms with Crippen molar-refractivity contribution in [2.24, 2.45) is 0 Å². The molecular weight excluding hydrogens is 272 g/mol. The van der Waals surface area contributed by atoms with Crippen LogP contribution >= 0.6 is 11.6 Å². The zero-order chi connectivity index (χ0) is 13.0. The van der Waals surface area contributed by atoms with E-state index in [1.165, 1.54) is 0 Å². The molecule has 6 heteroatoms. The summed E-state index contributed by atoms with van der Waals surface area (Å²) in [6.07, 6.45) is 8.17. The van der Waals surface area contributed by atoms with Gasteiger partial charge in [0.1, 0.15) is 0 Å². The van der Waals surface area contributed by atoms with Crippen molar-refractivity contribution in [1.29, 1.82) is 0 Å². The summed E-state index contributed by atoms with van der Waals surface area (Å²) < 4.78 is 28.9. The van der Waals surface area contributed by atoms with Crippen molar-refractivity contribution < 1.29 is 8.42 Å². The molecule has 18 heavy (non-hydrogen) atoms. The van der Waals surface area contributed by atoms with Crippen LogP contribution in [0.15, 0.2) is 0 Å². The van der Waals surface area contributed by atoms with Crippen molar-refractivity contribution in [2.75, 3.05) is 13.1 Å². The Morgan fingerprint density at radius 2 is 1.56 bits per heavy atom. The highest BCUT2D eigenvalue weighted by Gasteiger charge is 2.30. The molecule has 2 atom stereocenters. The molecule has 1 aliphatic heterocycles. The minimum atomic E-state index is -3.33. The van der Waals surface area contributed by atoms with E-state index in [9.17, 15) is 8.42 Å². The lowest BCUT2D eigenvalue weighted by atomic mass is 10.1. The molecule has 0 amide bonds. The third kappa shape index (κ3) is 3.83. The first-order chi connectivity index (χ1) is 8.59. The van der Waals surface area contributed by atoms with Gasteiger partial charge in [-0.05, 0) is 25.7 Å². The van der Waals surface area contributed by atoms with Gasteiger partial charge < -0.3 is 0 Å². The van der Waals surface area contributed by atoms with E-state index in [0.717, 1.165) is 51.4 Å². The number of nitrogens with one attached hydrogen (secondary N) is 1. The topological polar surface area (TPSA) is 49.4 Å². The lowest BCUT2D eigenvalue weighted by molar-refractivity contribution is 0.336. The maximum Gasteiger partial charge on any atom is 0.279 e. The summed E-state index contributed by atoms with van der Waals surface area (Å²) in [7, 11) is -3.33. The second-order valence-electron chi connectivity index (χ2n) is 5.34. The van der Waals surface area contributed by atoms with Crippen LogP contribution in [-0.2, 0) is 10.2 Å². The third-order valence-corrected chi connectivity index (χ3v) is 6.05. The Balaban J connectivity index is 1.97. The number of hydrogen-bond donors (Lipinski definition) is 1. The highest BCUT2D eigenvalue weighted by atomic mass is 35.5. The van der Waals surface area contributed by atoms with Crippen molar-refractivity contribution >= 4 is 21.8 Å². The van der Waals surface area contributed by atoms with Gasteiger partial charge in [0.15, 0.2) is 0 Å². The zero-order valence-corrected chi connectivity index (χ0v) is 12.3. The smallest absolute Gasteiger partial charge is 0.198 e. The summed E-state index contributed by atoms with van der Waals surface area (Å²) in [5, 5.41) is -0.0629. The second-order valence-corrected chi connectivity index (χ2v) is 7.61. The first-order valence-corrected chi connectivity index (χ1v) is 8.89. The Kier molecular flexibility index (Phi) is 5.30. The van der Waals surface area contributed by atoms with Gasteiger partial charge in [-0.3, -0.25) is 0 Å². The van der Waals surface area contributed by atoms with Crippen LogP contribution in [-0.4, -0.2) is 37.2 Å². The Labute approximate surface area is 115 Å². The van der Waals surface area contributed by atoms with Crippen molar-refractivity contribution in [3.05, 3.63) is 0 Å². The van der Waals surface area contributed by atoms with Crippen LogP contribution < -0.4 is 4.72 Å². The third-order valence-electron chi connectivity index (χ3n) is 3.89. The Morgan fingerprint density at radius 3 is 2.28 bits per heavy atom. The molecule has 1 N–H and O–H groups in total.